The predicted octanol–water partition coefficient (Wildman–Crippen LogP) is 5.44. The average molecular weight is 447 g/mol. The van der Waals surface area contributed by atoms with Crippen LogP contribution in [0.1, 0.15) is 11.4 Å². The Morgan fingerprint density at radius 3 is 2.47 bits per heavy atom. The largest absolute Gasteiger partial charge is 0.439 e. The number of thioether (sulfide) groups is 1. The molecule has 162 valence electrons. The first-order chi connectivity index (χ1) is 15.5. The molecule has 9 heteroatoms. The van der Waals surface area contributed by atoms with Crippen molar-refractivity contribution in [2.24, 2.45) is 0 Å². The van der Waals surface area contributed by atoms with E-state index in [2.05, 4.69) is 25.7 Å². The lowest BCUT2D eigenvalue weighted by Gasteiger charge is -2.10. The third kappa shape index (κ3) is 5.25. The second-order valence-electron chi connectivity index (χ2n) is 6.99. The van der Waals surface area contributed by atoms with Crippen molar-refractivity contribution in [3.8, 4) is 17.4 Å². The maximum absolute atomic E-state index is 12.3. The lowest BCUT2D eigenvalue weighted by molar-refractivity contribution is 0.262. The molecule has 2 heterocycles. The van der Waals surface area contributed by atoms with Gasteiger partial charge in [0.2, 0.25) is 5.88 Å². The number of aromatic nitrogens is 4. The van der Waals surface area contributed by atoms with Crippen LogP contribution in [0, 0.1) is 13.8 Å². The number of aryl methyl sites for hydroxylation is 2. The van der Waals surface area contributed by atoms with Gasteiger partial charge in [0.05, 0.1) is 5.69 Å². The van der Waals surface area contributed by atoms with Crippen molar-refractivity contribution in [3.63, 3.8) is 0 Å². The fourth-order valence-electron chi connectivity index (χ4n) is 3.08. The molecule has 4 aromatic rings. The van der Waals surface area contributed by atoms with Crippen molar-refractivity contribution in [2.45, 2.75) is 18.7 Å². The molecule has 0 saturated carbocycles. The fourth-order valence-corrected chi connectivity index (χ4v) is 3.54. The monoisotopic (exact) mass is 446 g/mol. The first-order valence-electron chi connectivity index (χ1n) is 9.86. The van der Waals surface area contributed by atoms with Crippen LogP contribution in [0.15, 0.2) is 71.9 Å². The van der Waals surface area contributed by atoms with E-state index >= 15 is 0 Å². The number of nitrogens with one attached hydrogen (secondary N) is 2. The minimum atomic E-state index is -0.317. The summed E-state index contributed by atoms with van der Waals surface area (Å²) in [6.07, 6.45) is 3.43. The molecule has 0 spiro atoms. The number of ether oxygens (including phenoxy) is 1. The van der Waals surface area contributed by atoms with Gasteiger partial charge in [-0.1, -0.05) is 6.07 Å². The van der Waals surface area contributed by atoms with Crippen LogP contribution in [0.4, 0.5) is 16.2 Å². The molecule has 0 radical (unpaired) electrons. The van der Waals surface area contributed by atoms with Gasteiger partial charge in [0.15, 0.2) is 5.82 Å². The molecule has 0 aliphatic rings. The highest BCUT2D eigenvalue weighted by Gasteiger charge is 2.08. The van der Waals surface area contributed by atoms with E-state index in [4.69, 9.17) is 4.74 Å². The Morgan fingerprint density at radius 1 is 0.969 bits per heavy atom. The second kappa shape index (κ2) is 9.52. The van der Waals surface area contributed by atoms with Gasteiger partial charge in [0.1, 0.15) is 12.1 Å². The SMILES string of the molecule is CSc1cccc(NC(=O)Nc2ccc(Oc3cc(-n4nc(C)cc4C)ncn3)cc2)c1. The molecular formula is C23H22N6O2S. The number of benzene rings is 2. The molecule has 4 rings (SSSR count). The van der Waals surface area contributed by atoms with Crippen molar-refractivity contribution < 1.29 is 9.53 Å². The quantitative estimate of drug-likeness (QED) is 0.383. The average Bonchev–Trinajstić information content (AvgIpc) is 3.13. The number of urea groups is 1. The standard InChI is InChI=1S/C23H22N6O2S/c1-15-11-16(2)29(28-15)21-13-22(25-14-24-21)31-19-9-7-17(8-10-19)26-23(30)27-18-5-4-6-20(12-18)32-3/h4-14H,1-3H3,(H2,26,27,30). The highest BCUT2D eigenvalue weighted by molar-refractivity contribution is 7.98. The lowest BCUT2D eigenvalue weighted by Crippen LogP contribution is -2.19. The molecule has 0 aliphatic heterocycles. The minimum absolute atomic E-state index is 0.317. The zero-order valence-corrected chi connectivity index (χ0v) is 18.7. The molecule has 32 heavy (non-hydrogen) atoms. The summed E-state index contributed by atoms with van der Waals surface area (Å²) in [6.45, 7) is 3.89. The maximum atomic E-state index is 12.3. The number of anilines is 2. The van der Waals surface area contributed by atoms with E-state index in [1.807, 2.05) is 50.4 Å². The Kier molecular flexibility index (Phi) is 6.37. The van der Waals surface area contributed by atoms with Crippen LogP contribution in [0.3, 0.4) is 0 Å². The summed E-state index contributed by atoms with van der Waals surface area (Å²) >= 11 is 1.62. The number of nitrogens with zero attached hydrogens (tertiary/aromatic N) is 4. The van der Waals surface area contributed by atoms with E-state index in [0.717, 1.165) is 22.0 Å². The van der Waals surface area contributed by atoms with Crippen LogP contribution in [-0.2, 0) is 0 Å². The van der Waals surface area contributed by atoms with E-state index in [9.17, 15) is 4.79 Å². The second-order valence-corrected chi connectivity index (χ2v) is 7.87. The van der Waals surface area contributed by atoms with E-state index in [1.54, 1.807) is 46.8 Å². The molecule has 0 bridgehead atoms. The van der Waals surface area contributed by atoms with Gasteiger partial charge in [-0.15, -0.1) is 11.8 Å². The van der Waals surface area contributed by atoms with E-state index < -0.39 is 0 Å². The van der Waals surface area contributed by atoms with E-state index in [1.165, 1.54) is 6.33 Å². The van der Waals surface area contributed by atoms with Crippen LogP contribution in [0.2, 0.25) is 0 Å². The lowest BCUT2D eigenvalue weighted by atomic mass is 10.3. The van der Waals surface area contributed by atoms with Crippen LogP contribution >= 0.6 is 11.8 Å². The predicted molar refractivity (Wildman–Crippen MR) is 126 cm³/mol. The Bertz CT molecular complexity index is 1240. The molecule has 2 aromatic carbocycles. The zero-order chi connectivity index (χ0) is 22.5. The Labute approximate surface area is 190 Å². The van der Waals surface area contributed by atoms with Crippen molar-refractivity contribution in [1.29, 1.82) is 0 Å². The van der Waals surface area contributed by atoms with Gasteiger partial charge >= 0.3 is 6.03 Å². The summed E-state index contributed by atoms with van der Waals surface area (Å²) < 4.78 is 7.59. The molecule has 0 fully saturated rings. The molecule has 0 atom stereocenters. The van der Waals surface area contributed by atoms with Gasteiger partial charge < -0.3 is 15.4 Å². The molecule has 0 saturated heterocycles. The third-order valence-corrected chi connectivity index (χ3v) is 5.24. The van der Waals surface area contributed by atoms with Crippen molar-refractivity contribution >= 4 is 29.2 Å². The van der Waals surface area contributed by atoms with Gasteiger partial charge in [-0.25, -0.2) is 19.4 Å². The molecule has 8 nitrogen and oxygen atoms in total. The summed E-state index contributed by atoms with van der Waals surface area (Å²) in [5.41, 5.74) is 3.26. The molecule has 2 amide bonds. The summed E-state index contributed by atoms with van der Waals surface area (Å²) in [5.74, 6) is 1.61. The Hall–Kier alpha value is -3.85. The Balaban J connectivity index is 1.39. The van der Waals surface area contributed by atoms with Gasteiger partial charge in [0, 0.05) is 28.0 Å². The molecule has 2 aromatic heterocycles. The molecule has 0 unspecified atom stereocenters. The third-order valence-electron chi connectivity index (χ3n) is 4.52. The van der Waals surface area contributed by atoms with Crippen LogP contribution in [0.5, 0.6) is 11.6 Å². The maximum Gasteiger partial charge on any atom is 0.323 e. The van der Waals surface area contributed by atoms with Gasteiger partial charge in [0.25, 0.3) is 0 Å². The smallest absolute Gasteiger partial charge is 0.323 e. The normalized spacial score (nSPS) is 10.6. The van der Waals surface area contributed by atoms with Gasteiger partial charge in [-0.3, -0.25) is 0 Å². The minimum Gasteiger partial charge on any atom is -0.439 e. The molecule has 2 N–H and O–H groups in total. The van der Waals surface area contributed by atoms with Crippen molar-refractivity contribution in [1.82, 2.24) is 19.7 Å². The van der Waals surface area contributed by atoms with Crippen LogP contribution in [-0.4, -0.2) is 32.0 Å². The summed E-state index contributed by atoms with van der Waals surface area (Å²) in [5, 5.41) is 10.1. The highest BCUT2D eigenvalue weighted by atomic mass is 32.2. The van der Waals surface area contributed by atoms with E-state index in [0.29, 0.717) is 23.1 Å². The number of hydrogen-bond acceptors (Lipinski definition) is 6. The topological polar surface area (TPSA) is 94.0 Å². The van der Waals surface area contributed by atoms with Crippen LogP contribution < -0.4 is 15.4 Å². The van der Waals surface area contributed by atoms with Crippen molar-refractivity contribution in [3.05, 3.63) is 78.4 Å². The number of amides is 2. The first-order valence-corrected chi connectivity index (χ1v) is 11.1. The number of carbonyl (C=O) groups is 1. The fraction of sp³-hybridized carbons (Fsp3) is 0.130. The highest BCUT2D eigenvalue weighted by Crippen LogP contribution is 2.23. The van der Waals surface area contributed by atoms with Crippen molar-refractivity contribution in [2.75, 3.05) is 16.9 Å². The molecule has 0 aliphatic carbocycles. The summed E-state index contributed by atoms with van der Waals surface area (Å²) in [4.78, 5) is 21.8. The summed E-state index contributed by atoms with van der Waals surface area (Å²) in [7, 11) is 0. The number of rotatable bonds is 6. The van der Waals surface area contributed by atoms with Gasteiger partial charge in [-0.2, -0.15) is 5.10 Å². The summed E-state index contributed by atoms with van der Waals surface area (Å²) in [6, 6.07) is 18.1. The zero-order valence-electron chi connectivity index (χ0n) is 17.9. The Morgan fingerprint density at radius 2 is 1.75 bits per heavy atom. The number of carbonyl (C=O) groups excluding carboxylic acids is 1. The van der Waals surface area contributed by atoms with Crippen LogP contribution in [0.25, 0.3) is 5.82 Å². The molecular weight excluding hydrogens is 424 g/mol. The van der Waals surface area contributed by atoms with E-state index in [-0.39, 0.29) is 6.03 Å². The first kappa shape index (κ1) is 21.4. The number of hydrogen-bond donors (Lipinski definition) is 2. The van der Waals surface area contributed by atoms with Gasteiger partial charge in [-0.05, 0) is 68.6 Å².